The Morgan fingerprint density at radius 1 is 0.775 bits per heavy atom. The van der Waals surface area contributed by atoms with Gasteiger partial charge in [-0.3, -0.25) is 24.0 Å². The SMILES string of the molecule is CC(C)[C@H](NC(=O)[C@H](C)NC(=O)[C@@H](NC(=O)[C@H](CCC(=O)O)NC(=O)[C@@H](N)Cc1ccccc1)[C@@H](C)O)C(=O)O. The molecule has 14 nitrogen and oxygen atoms in total. The molecular formula is C26H39N5O9. The molecule has 6 atom stereocenters. The predicted octanol–water partition coefficient (Wildman–Crippen LogP) is -1.50. The van der Waals surface area contributed by atoms with Crippen LogP contribution in [0.25, 0.3) is 0 Å². The number of nitrogens with one attached hydrogen (secondary N) is 4. The highest BCUT2D eigenvalue weighted by Crippen LogP contribution is 2.06. The summed E-state index contributed by atoms with van der Waals surface area (Å²) in [5, 5.41) is 37.8. The van der Waals surface area contributed by atoms with Crippen molar-refractivity contribution in [1.82, 2.24) is 21.3 Å². The van der Waals surface area contributed by atoms with Crippen molar-refractivity contribution in [1.29, 1.82) is 0 Å². The van der Waals surface area contributed by atoms with Gasteiger partial charge in [-0.2, -0.15) is 0 Å². The minimum absolute atomic E-state index is 0.151. The van der Waals surface area contributed by atoms with Crippen LogP contribution in [0.5, 0.6) is 0 Å². The molecule has 0 spiro atoms. The number of carbonyl (C=O) groups excluding carboxylic acids is 4. The van der Waals surface area contributed by atoms with E-state index in [0.717, 1.165) is 5.56 Å². The minimum Gasteiger partial charge on any atom is -0.481 e. The van der Waals surface area contributed by atoms with Crippen LogP contribution in [0.4, 0.5) is 0 Å². The highest BCUT2D eigenvalue weighted by atomic mass is 16.4. The summed E-state index contributed by atoms with van der Waals surface area (Å²) in [6.07, 6.45) is -2.13. The Bertz CT molecular complexity index is 1050. The number of carboxylic acid groups (broad SMARTS) is 2. The van der Waals surface area contributed by atoms with Gasteiger partial charge in [0.1, 0.15) is 24.2 Å². The van der Waals surface area contributed by atoms with Crippen molar-refractivity contribution < 1.29 is 44.1 Å². The molecule has 0 aliphatic carbocycles. The van der Waals surface area contributed by atoms with Gasteiger partial charge >= 0.3 is 11.9 Å². The first-order chi connectivity index (χ1) is 18.6. The molecule has 0 aliphatic rings. The molecule has 40 heavy (non-hydrogen) atoms. The molecule has 0 bridgehead atoms. The lowest BCUT2D eigenvalue weighted by Gasteiger charge is -2.27. The van der Waals surface area contributed by atoms with Crippen molar-refractivity contribution in [3.8, 4) is 0 Å². The van der Waals surface area contributed by atoms with Gasteiger partial charge in [-0.1, -0.05) is 44.2 Å². The van der Waals surface area contributed by atoms with Crippen LogP contribution in [0.3, 0.4) is 0 Å². The van der Waals surface area contributed by atoms with E-state index in [1.54, 1.807) is 44.2 Å². The van der Waals surface area contributed by atoms with Crippen LogP contribution in [-0.4, -0.2) is 87.2 Å². The fourth-order valence-electron chi connectivity index (χ4n) is 3.60. The fraction of sp³-hybridized carbons (Fsp3) is 0.538. The predicted molar refractivity (Wildman–Crippen MR) is 143 cm³/mol. The summed E-state index contributed by atoms with van der Waals surface area (Å²) in [5.74, 6) is -6.37. The standard InChI is InChI=1S/C26H39N5O9/c1-13(2)20(26(39)40)30-22(35)14(3)28-25(38)21(15(4)32)31-24(37)18(10-11-19(33)34)29-23(36)17(27)12-16-8-6-5-7-9-16/h5-9,13-15,17-18,20-21,32H,10-12,27H2,1-4H3,(H,28,38)(H,29,36)(H,30,35)(H,31,37)(H,33,34)(H,39,40)/t14-,15+,17-,18-,20-,21-/m0/s1. The Morgan fingerprint density at radius 3 is 1.85 bits per heavy atom. The van der Waals surface area contributed by atoms with E-state index >= 15 is 0 Å². The van der Waals surface area contributed by atoms with Crippen LogP contribution in [0, 0.1) is 5.92 Å². The molecule has 0 aromatic heterocycles. The molecule has 0 heterocycles. The van der Waals surface area contributed by atoms with Gasteiger partial charge in [0, 0.05) is 6.42 Å². The third-order valence-corrected chi connectivity index (χ3v) is 5.96. The number of hydrogen-bond donors (Lipinski definition) is 8. The topological polar surface area (TPSA) is 237 Å². The summed E-state index contributed by atoms with van der Waals surface area (Å²) < 4.78 is 0. The Labute approximate surface area is 232 Å². The van der Waals surface area contributed by atoms with E-state index in [9.17, 15) is 39.0 Å². The molecule has 0 fully saturated rings. The van der Waals surface area contributed by atoms with Gasteiger partial charge in [-0.15, -0.1) is 0 Å². The lowest BCUT2D eigenvalue weighted by molar-refractivity contribution is -0.143. The molecular weight excluding hydrogens is 526 g/mol. The maximum Gasteiger partial charge on any atom is 0.326 e. The van der Waals surface area contributed by atoms with Crippen LogP contribution in [-0.2, 0) is 35.2 Å². The Kier molecular flexibility index (Phi) is 13.7. The number of carbonyl (C=O) groups is 6. The van der Waals surface area contributed by atoms with Gasteiger partial charge in [0.2, 0.25) is 23.6 Å². The molecule has 0 saturated heterocycles. The monoisotopic (exact) mass is 565 g/mol. The van der Waals surface area contributed by atoms with Crippen molar-refractivity contribution in [2.24, 2.45) is 11.7 Å². The molecule has 1 rings (SSSR count). The largest absolute Gasteiger partial charge is 0.481 e. The average Bonchev–Trinajstić information content (AvgIpc) is 2.87. The highest BCUT2D eigenvalue weighted by Gasteiger charge is 2.33. The van der Waals surface area contributed by atoms with E-state index in [4.69, 9.17) is 10.8 Å². The number of rotatable bonds is 16. The maximum atomic E-state index is 13.0. The molecule has 14 heteroatoms. The molecule has 222 valence electrons. The lowest BCUT2D eigenvalue weighted by Crippen LogP contribution is -2.60. The Morgan fingerprint density at radius 2 is 1.35 bits per heavy atom. The number of amides is 4. The Balaban J connectivity index is 2.93. The van der Waals surface area contributed by atoms with Crippen LogP contribution in [0.15, 0.2) is 30.3 Å². The molecule has 1 aromatic carbocycles. The summed E-state index contributed by atoms with van der Waals surface area (Å²) in [6, 6.07) is 2.37. The molecule has 1 aromatic rings. The number of hydrogen-bond acceptors (Lipinski definition) is 8. The summed E-state index contributed by atoms with van der Waals surface area (Å²) >= 11 is 0. The van der Waals surface area contributed by atoms with Crippen LogP contribution in [0.1, 0.15) is 46.1 Å². The first kappa shape index (κ1) is 34.0. The third kappa shape index (κ3) is 11.4. The summed E-state index contributed by atoms with van der Waals surface area (Å²) in [4.78, 5) is 73.4. The zero-order chi connectivity index (χ0) is 30.6. The van der Waals surface area contributed by atoms with Crippen LogP contribution >= 0.6 is 0 Å². The van der Waals surface area contributed by atoms with Crippen molar-refractivity contribution in [3.63, 3.8) is 0 Å². The normalized spacial score (nSPS) is 15.5. The summed E-state index contributed by atoms with van der Waals surface area (Å²) in [7, 11) is 0. The molecule has 9 N–H and O–H groups in total. The van der Waals surface area contributed by atoms with Gasteiger partial charge < -0.3 is 42.3 Å². The van der Waals surface area contributed by atoms with Crippen molar-refractivity contribution in [3.05, 3.63) is 35.9 Å². The zero-order valence-corrected chi connectivity index (χ0v) is 22.9. The van der Waals surface area contributed by atoms with Gasteiger partial charge in [-0.05, 0) is 38.2 Å². The van der Waals surface area contributed by atoms with E-state index in [2.05, 4.69) is 21.3 Å². The maximum absolute atomic E-state index is 13.0. The number of aliphatic hydroxyl groups is 1. The van der Waals surface area contributed by atoms with E-state index in [0.29, 0.717) is 0 Å². The van der Waals surface area contributed by atoms with Crippen LogP contribution < -0.4 is 27.0 Å². The third-order valence-electron chi connectivity index (χ3n) is 5.96. The number of aliphatic hydroxyl groups excluding tert-OH is 1. The van der Waals surface area contributed by atoms with Gasteiger partial charge in [0.05, 0.1) is 12.1 Å². The quantitative estimate of drug-likeness (QED) is 0.115. The highest BCUT2D eigenvalue weighted by molar-refractivity contribution is 5.95. The minimum atomic E-state index is -1.59. The number of aliphatic carboxylic acids is 2. The van der Waals surface area contributed by atoms with Crippen molar-refractivity contribution >= 4 is 35.6 Å². The molecule has 0 unspecified atom stereocenters. The second-order valence-electron chi connectivity index (χ2n) is 9.82. The van der Waals surface area contributed by atoms with E-state index in [1.807, 2.05) is 0 Å². The summed E-state index contributed by atoms with van der Waals surface area (Å²) in [5.41, 5.74) is 6.73. The first-order valence-corrected chi connectivity index (χ1v) is 12.8. The number of nitrogens with two attached hydrogens (primary N) is 1. The van der Waals surface area contributed by atoms with Gasteiger partial charge in [0.25, 0.3) is 0 Å². The van der Waals surface area contributed by atoms with Gasteiger partial charge in [0.15, 0.2) is 0 Å². The second-order valence-corrected chi connectivity index (χ2v) is 9.82. The van der Waals surface area contributed by atoms with Crippen LogP contribution in [0.2, 0.25) is 0 Å². The summed E-state index contributed by atoms with van der Waals surface area (Å²) in [6.45, 7) is 5.68. The van der Waals surface area contributed by atoms with Gasteiger partial charge in [-0.25, -0.2) is 4.79 Å². The molecule has 0 aliphatic heterocycles. The van der Waals surface area contributed by atoms with E-state index in [1.165, 1.54) is 13.8 Å². The van der Waals surface area contributed by atoms with Crippen molar-refractivity contribution in [2.45, 2.75) is 83.3 Å². The van der Waals surface area contributed by atoms with E-state index in [-0.39, 0.29) is 12.8 Å². The first-order valence-electron chi connectivity index (χ1n) is 12.8. The van der Waals surface area contributed by atoms with E-state index < -0.39 is 84.2 Å². The van der Waals surface area contributed by atoms with Crippen molar-refractivity contribution in [2.75, 3.05) is 0 Å². The molecule has 0 saturated carbocycles. The smallest absolute Gasteiger partial charge is 0.326 e. The Hall–Kier alpha value is -4.04. The zero-order valence-electron chi connectivity index (χ0n) is 22.9. The lowest BCUT2D eigenvalue weighted by atomic mass is 10.0. The fourth-order valence-corrected chi connectivity index (χ4v) is 3.60. The second kappa shape index (κ2) is 16.2. The number of benzene rings is 1. The molecule has 0 radical (unpaired) electrons. The molecule has 4 amide bonds. The average molecular weight is 566 g/mol. The number of carboxylic acids is 2.